The Balaban J connectivity index is 3.11. The van der Waals surface area contributed by atoms with Gasteiger partial charge in [0.2, 0.25) is 0 Å². The van der Waals surface area contributed by atoms with Gasteiger partial charge in [0.1, 0.15) is 5.54 Å². The van der Waals surface area contributed by atoms with E-state index in [9.17, 15) is 4.79 Å². The van der Waals surface area contributed by atoms with E-state index in [4.69, 9.17) is 4.74 Å². The highest BCUT2D eigenvalue weighted by Crippen LogP contribution is 2.50. The summed E-state index contributed by atoms with van der Waals surface area (Å²) < 4.78 is 5.42. The van der Waals surface area contributed by atoms with Gasteiger partial charge in [0.25, 0.3) is 0 Å². The maximum Gasteiger partial charge on any atom is 0.326 e. The Morgan fingerprint density at radius 1 is 1.10 bits per heavy atom. The van der Waals surface area contributed by atoms with Crippen LogP contribution in [0.5, 0.6) is 0 Å². The van der Waals surface area contributed by atoms with Crippen LogP contribution in [0.25, 0.3) is 0 Å². The maximum atomic E-state index is 12.7. The van der Waals surface area contributed by atoms with E-state index in [2.05, 4.69) is 46.9 Å². The summed E-state index contributed by atoms with van der Waals surface area (Å²) in [6.45, 7) is 15.7. The summed E-state index contributed by atoms with van der Waals surface area (Å²) in [5, 5.41) is 3.60. The summed E-state index contributed by atoms with van der Waals surface area (Å²) in [6, 6.07) is 0.323. The Morgan fingerprint density at radius 2 is 1.60 bits per heavy atom. The first-order chi connectivity index (χ1) is 9.06. The Labute approximate surface area is 124 Å². The largest absolute Gasteiger partial charge is 0.465 e. The molecule has 0 aromatic heterocycles. The highest BCUT2D eigenvalue weighted by atomic mass is 16.5. The molecule has 1 aliphatic rings. The Hall–Kier alpha value is -0.570. The number of ether oxygens (including phenoxy) is 1. The molecule has 0 radical (unpaired) electrons. The molecule has 1 saturated carbocycles. The van der Waals surface area contributed by atoms with Gasteiger partial charge in [-0.2, -0.15) is 0 Å². The number of carbonyl (C=O) groups excluding carboxylic acids is 1. The molecule has 1 fully saturated rings. The summed E-state index contributed by atoms with van der Waals surface area (Å²) in [7, 11) is 0. The van der Waals surface area contributed by atoms with Gasteiger partial charge in [-0.25, -0.2) is 0 Å². The number of nitrogens with one attached hydrogen (secondary N) is 1. The predicted octanol–water partition coefficient (Wildman–Crippen LogP) is 3.91. The van der Waals surface area contributed by atoms with Crippen molar-refractivity contribution in [3.8, 4) is 0 Å². The average Bonchev–Trinajstić information content (AvgIpc) is 2.24. The van der Waals surface area contributed by atoms with Gasteiger partial charge in [0, 0.05) is 6.04 Å². The van der Waals surface area contributed by atoms with Gasteiger partial charge < -0.3 is 4.74 Å². The van der Waals surface area contributed by atoms with E-state index in [1.54, 1.807) is 0 Å². The Bertz CT molecular complexity index is 331. The van der Waals surface area contributed by atoms with Crippen LogP contribution in [0, 0.1) is 10.8 Å². The van der Waals surface area contributed by atoms with Crippen LogP contribution >= 0.6 is 0 Å². The first-order valence-electron chi connectivity index (χ1n) is 8.01. The fourth-order valence-electron chi connectivity index (χ4n) is 4.27. The van der Waals surface area contributed by atoms with Crippen molar-refractivity contribution >= 4 is 5.97 Å². The topological polar surface area (TPSA) is 38.3 Å². The standard InChI is InChI=1S/C17H33NO2/c1-8-13(3)18-17(14(19)20-9-2)11-15(4,5)10-16(6,7)12-17/h13,18H,8-12H2,1-7H3. The molecule has 20 heavy (non-hydrogen) atoms. The second-order valence-corrected chi connectivity index (χ2v) is 8.11. The zero-order valence-electron chi connectivity index (χ0n) is 14.4. The van der Waals surface area contributed by atoms with Crippen LogP contribution in [0.4, 0.5) is 0 Å². The molecule has 0 aromatic carbocycles. The highest BCUT2D eigenvalue weighted by molar-refractivity contribution is 5.81. The fourth-order valence-corrected chi connectivity index (χ4v) is 4.27. The summed E-state index contributed by atoms with van der Waals surface area (Å²) in [6.07, 6.45) is 3.87. The summed E-state index contributed by atoms with van der Waals surface area (Å²) in [4.78, 5) is 12.7. The van der Waals surface area contributed by atoms with Crippen LogP contribution < -0.4 is 5.32 Å². The molecule has 0 heterocycles. The summed E-state index contributed by atoms with van der Waals surface area (Å²) >= 11 is 0. The quantitative estimate of drug-likeness (QED) is 0.777. The van der Waals surface area contributed by atoms with Crippen LogP contribution in [-0.4, -0.2) is 24.2 Å². The number of rotatable bonds is 5. The molecule has 3 nitrogen and oxygen atoms in total. The molecule has 3 heteroatoms. The van der Waals surface area contributed by atoms with E-state index in [0.717, 1.165) is 25.7 Å². The number of esters is 1. The van der Waals surface area contributed by atoms with Crippen LogP contribution in [0.15, 0.2) is 0 Å². The van der Waals surface area contributed by atoms with E-state index >= 15 is 0 Å². The molecule has 1 unspecified atom stereocenters. The molecule has 0 bridgehead atoms. The van der Waals surface area contributed by atoms with Gasteiger partial charge in [-0.15, -0.1) is 0 Å². The Kier molecular flexibility index (Phi) is 5.29. The summed E-state index contributed by atoms with van der Waals surface area (Å²) in [5.41, 5.74) is -0.235. The molecule has 1 aliphatic carbocycles. The molecule has 0 amide bonds. The van der Waals surface area contributed by atoms with Crippen molar-refractivity contribution in [3.05, 3.63) is 0 Å². The minimum absolute atomic E-state index is 0.0684. The molecule has 1 rings (SSSR count). The first-order valence-corrected chi connectivity index (χ1v) is 8.01. The minimum atomic E-state index is -0.531. The van der Waals surface area contributed by atoms with E-state index in [1.807, 2.05) is 6.92 Å². The SMILES string of the molecule is CCOC(=O)C1(NC(C)CC)CC(C)(C)CC(C)(C)C1. The molecule has 1 atom stereocenters. The minimum Gasteiger partial charge on any atom is -0.465 e. The van der Waals surface area contributed by atoms with Gasteiger partial charge >= 0.3 is 5.97 Å². The van der Waals surface area contributed by atoms with E-state index in [-0.39, 0.29) is 16.8 Å². The van der Waals surface area contributed by atoms with Gasteiger partial charge in [-0.05, 0) is 50.4 Å². The van der Waals surface area contributed by atoms with Crippen LogP contribution in [0.3, 0.4) is 0 Å². The van der Waals surface area contributed by atoms with E-state index in [0.29, 0.717) is 12.6 Å². The smallest absolute Gasteiger partial charge is 0.326 e. The second-order valence-electron chi connectivity index (χ2n) is 8.11. The third kappa shape index (κ3) is 4.21. The molecule has 0 aromatic rings. The van der Waals surface area contributed by atoms with E-state index < -0.39 is 5.54 Å². The average molecular weight is 283 g/mol. The van der Waals surface area contributed by atoms with Crippen LogP contribution in [0.1, 0.15) is 74.1 Å². The van der Waals surface area contributed by atoms with E-state index in [1.165, 1.54) is 0 Å². The molecule has 118 valence electrons. The van der Waals surface area contributed by atoms with Crippen LogP contribution in [0.2, 0.25) is 0 Å². The lowest BCUT2D eigenvalue weighted by molar-refractivity contribution is -0.158. The normalized spacial score (nSPS) is 24.9. The van der Waals surface area contributed by atoms with Crippen molar-refractivity contribution in [2.24, 2.45) is 10.8 Å². The molecule has 0 aliphatic heterocycles. The summed E-state index contributed by atoms with van der Waals surface area (Å²) in [5.74, 6) is -0.0684. The zero-order chi connectivity index (χ0) is 15.6. The molecule has 0 spiro atoms. The van der Waals surface area contributed by atoms with Crippen molar-refractivity contribution in [2.75, 3.05) is 6.61 Å². The van der Waals surface area contributed by atoms with Crippen molar-refractivity contribution in [3.63, 3.8) is 0 Å². The van der Waals surface area contributed by atoms with Crippen LogP contribution in [-0.2, 0) is 9.53 Å². The fraction of sp³-hybridized carbons (Fsp3) is 0.941. The second kappa shape index (κ2) is 6.05. The zero-order valence-corrected chi connectivity index (χ0v) is 14.4. The van der Waals surface area contributed by atoms with Gasteiger partial charge in [-0.3, -0.25) is 10.1 Å². The third-order valence-corrected chi connectivity index (χ3v) is 4.32. The monoisotopic (exact) mass is 283 g/mol. The lowest BCUT2D eigenvalue weighted by atomic mass is 9.58. The van der Waals surface area contributed by atoms with Gasteiger partial charge in [0.05, 0.1) is 6.61 Å². The first kappa shape index (κ1) is 17.5. The molecule has 1 N–H and O–H groups in total. The number of hydrogen-bond donors (Lipinski definition) is 1. The van der Waals surface area contributed by atoms with Crippen molar-refractivity contribution in [1.29, 1.82) is 0 Å². The highest BCUT2D eigenvalue weighted by Gasteiger charge is 2.52. The molecular weight excluding hydrogens is 250 g/mol. The maximum absolute atomic E-state index is 12.7. The molecule has 0 saturated heterocycles. The molecular formula is C17H33NO2. The van der Waals surface area contributed by atoms with Gasteiger partial charge in [-0.1, -0.05) is 34.6 Å². The van der Waals surface area contributed by atoms with Gasteiger partial charge in [0.15, 0.2) is 0 Å². The number of hydrogen-bond acceptors (Lipinski definition) is 3. The Morgan fingerprint density at radius 3 is 2.00 bits per heavy atom. The lowest BCUT2D eigenvalue weighted by Gasteiger charge is -2.51. The predicted molar refractivity (Wildman–Crippen MR) is 83.7 cm³/mol. The van der Waals surface area contributed by atoms with Crippen molar-refractivity contribution in [2.45, 2.75) is 85.7 Å². The third-order valence-electron chi connectivity index (χ3n) is 4.32. The van der Waals surface area contributed by atoms with Crippen molar-refractivity contribution < 1.29 is 9.53 Å². The lowest BCUT2D eigenvalue weighted by Crippen LogP contribution is -2.62. The van der Waals surface area contributed by atoms with Crippen molar-refractivity contribution in [1.82, 2.24) is 5.32 Å². The number of carbonyl (C=O) groups is 1.